The van der Waals surface area contributed by atoms with E-state index in [1.165, 1.54) is 0 Å². The van der Waals surface area contributed by atoms with Crippen molar-refractivity contribution in [2.45, 2.75) is 13.8 Å². The molecule has 0 spiro atoms. The predicted molar refractivity (Wildman–Crippen MR) is 36.9 cm³/mol. The fourth-order valence-electron chi connectivity index (χ4n) is 0.234. The van der Waals surface area contributed by atoms with Crippen molar-refractivity contribution >= 4 is 11.6 Å². The molecule has 0 aromatic heterocycles. The maximum Gasteiger partial charge on any atom is 0.224 e. The number of hydrogen-bond acceptors (Lipinski definition) is 2. The van der Waals surface area contributed by atoms with E-state index in [1.54, 1.807) is 0 Å². The molecule has 0 N–H and O–H groups in total. The Kier molecular flexibility index (Phi) is 4.54. The Morgan fingerprint density at radius 3 is 2.56 bits per heavy atom. The van der Waals surface area contributed by atoms with E-state index in [0.29, 0.717) is 12.5 Å². The molecule has 54 valence electrons. The zero-order valence-corrected chi connectivity index (χ0v) is 6.44. The predicted octanol–water partition coefficient (Wildman–Crippen LogP) is 2.30. The highest BCUT2D eigenvalue weighted by Gasteiger charge is 1.94. The maximum atomic E-state index is 5.22. The molecule has 0 unspecified atom stereocenters. The lowest BCUT2D eigenvalue weighted by atomic mass is 10.2. The molecular weight excluding hydrogens is 140 g/mol. The molecule has 0 aliphatic carbocycles. The van der Waals surface area contributed by atoms with E-state index in [1.807, 2.05) is 13.8 Å². The third kappa shape index (κ3) is 7.79. The molecule has 3 heteroatoms. The van der Waals surface area contributed by atoms with Crippen LogP contribution < -0.4 is 0 Å². The van der Waals surface area contributed by atoms with Crippen LogP contribution in [-0.4, -0.2) is 6.61 Å². The van der Waals surface area contributed by atoms with Gasteiger partial charge in [0.05, 0.1) is 6.61 Å². The first kappa shape index (κ1) is 8.79. The lowest BCUT2D eigenvalue weighted by Crippen LogP contribution is -2.00. The average Bonchev–Trinajstić information content (AvgIpc) is 1.63. The van der Waals surface area contributed by atoms with E-state index >= 15 is 0 Å². The Morgan fingerprint density at radius 1 is 1.67 bits per heavy atom. The molecule has 0 aromatic rings. The van der Waals surface area contributed by atoms with Crippen molar-refractivity contribution in [2.75, 3.05) is 6.61 Å². The van der Waals surface area contributed by atoms with Gasteiger partial charge in [0.2, 0.25) is 5.22 Å². The minimum Gasteiger partial charge on any atom is -0.326 e. The highest BCUT2D eigenvalue weighted by atomic mass is 35.5. The minimum atomic E-state index is 0.0654. The summed E-state index contributed by atoms with van der Waals surface area (Å²) in [4.78, 5) is 9.05. The molecule has 0 aromatic carbocycles. The Morgan fingerprint density at radius 2 is 2.22 bits per heavy atom. The van der Waals surface area contributed by atoms with Gasteiger partial charge in [-0.1, -0.05) is 13.8 Å². The Bertz CT molecular complexity index is 91.1. The van der Waals surface area contributed by atoms with Gasteiger partial charge in [0.1, 0.15) is 0 Å². The van der Waals surface area contributed by atoms with Gasteiger partial charge in [-0.3, -0.25) is 0 Å². The summed E-state index contributed by atoms with van der Waals surface area (Å²) in [5.41, 5.74) is 0. The van der Waals surface area contributed by atoms with Crippen LogP contribution in [0, 0.1) is 5.92 Å². The van der Waals surface area contributed by atoms with Crippen LogP contribution in [0.5, 0.6) is 0 Å². The van der Waals surface area contributed by atoms with Crippen LogP contribution in [-0.2, 0) is 9.78 Å². The molecule has 0 amide bonds. The molecular formula is C6H11ClO2. The van der Waals surface area contributed by atoms with Crippen LogP contribution in [0.25, 0.3) is 0 Å². The van der Waals surface area contributed by atoms with Crippen molar-refractivity contribution in [1.29, 1.82) is 0 Å². The largest absolute Gasteiger partial charge is 0.326 e. The molecule has 2 nitrogen and oxygen atoms in total. The number of hydrogen-bond donors (Lipinski definition) is 0. The molecule has 0 bridgehead atoms. The van der Waals surface area contributed by atoms with Gasteiger partial charge in [0.15, 0.2) is 0 Å². The van der Waals surface area contributed by atoms with Crippen molar-refractivity contribution < 1.29 is 9.78 Å². The van der Waals surface area contributed by atoms with Gasteiger partial charge in [-0.05, 0) is 24.1 Å². The molecule has 0 heterocycles. The fourth-order valence-corrected chi connectivity index (χ4v) is 0.279. The summed E-state index contributed by atoms with van der Waals surface area (Å²) < 4.78 is 0. The summed E-state index contributed by atoms with van der Waals surface area (Å²) in [7, 11) is 0. The quantitative estimate of drug-likeness (QED) is 0.348. The smallest absolute Gasteiger partial charge is 0.224 e. The molecule has 0 saturated heterocycles. The van der Waals surface area contributed by atoms with Crippen molar-refractivity contribution in [3.8, 4) is 0 Å². The fraction of sp³-hybridized carbons (Fsp3) is 0.667. The van der Waals surface area contributed by atoms with E-state index in [2.05, 4.69) is 16.4 Å². The normalized spacial score (nSPS) is 9.78. The Hall–Kier alpha value is -0.210. The van der Waals surface area contributed by atoms with Crippen LogP contribution in [0.1, 0.15) is 13.8 Å². The van der Waals surface area contributed by atoms with Gasteiger partial charge in [-0.15, -0.1) is 0 Å². The SMILES string of the molecule is C=C(Cl)OOCC(C)C. The van der Waals surface area contributed by atoms with Crippen LogP contribution >= 0.6 is 11.6 Å². The van der Waals surface area contributed by atoms with Crippen LogP contribution in [0.3, 0.4) is 0 Å². The average molecular weight is 151 g/mol. The highest BCUT2D eigenvalue weighted by molar-refractivity contribution is 6.27. The summed E-state index contributed by atoms with van der Waals surface area (Å²) in [6.45, 7) is 7.83. The third-order valence-corrected chi connectivity index (χ3v) is 0.614. The summed E-state index contributed by atoms with van der Waals surface area (Å²) in [6.07, 6.45) is 0. The first-order chi connectivity index (χ1) is 4.13. The number of rotatable bonds is 4. The molecule has 0 fully saturated rings. The van der Waals surface area contributed by atoms with Crippen molar-refractivity contribution in [3.63, 3.8) is 0 Å². The molecule has 9 heavy (non-hydrogen) atoms. The van der Waals surface area contributed by atoms with E-state index in [-0.39, 0.29) is 5.22 Å². The maximum absolute atomic E-state index is 5.22. The summed E-state index contributed by atoms with van der Waals surface area (Å²) in [5, 5.41) is 0.0654. The minimum absolute atomic E-state index is 0.0654. The van der Waals surface area contributed by atoms with Gasteiger partial charge < -0.3 is 4.89 Å². The van der Waals surface area contributed by atoms with Gasteiger partial charge in [0.25, 0.3) is 0 Å². The zero-order chi connectivity index (χ0) is 7.28. The van der Waals surface area contributed by atoms with Gasteiger partial charge in [-0.2, -0.15) is 4.89 Å². The molecule has 0 rings (SSSR count). The van der Waals surface area contributed by atoms with E-state index in [4.69, 9.17) is 11.6 Å². The van der Waals surface area contributed by atoms with Crippen molar-refractivity contribution in [1.82, 2.24) is 0 Å². The standard InChI is InChI=1S/C6H11ClO2/c1-5(2)4-8-9-6(3)7/h5H,3-4H2,1-2H3. The zero-order valence-electron chi connectivity index (χ0n) is 5.69. The van der Waals surface area contributed by atoms with Crippen molar-refractivity contribution in [2.24, 2.45) is 5.92 Å². The molecule has 0 aliphatic heterocycles. The summed E-state index contributed by atoms with van der Waals surface area (Å²) in [6, 6.07) is 0. The summed E-state index contributed by atoms with van der Waals surface area (Å²) in [5.74, 6) is 0.445. The Labute approximate surface area is 60.3 Å². The van der Waals surface area contributed by atoms with E-state index < -0.39 is 0 Å². The monoisotopic (exact) mass is 150 g/mol. The molecule has 0 saturated carbocycles. The van der Waals surface area contributed by atoms with Crippen molar-refractivity contribution in [3.05, 3.63) is 11.8 Å². The van der Waals surface area contributed by atoms with E-state index in [9.17, 15) is 0 Å². The summed E-state index contributed by atoms with van der Waals surface area (Å²) >= 11 is 5.22. The highest BCUT2D eigenvalue weighted by Crippen LogP contribution is 2.01. The van der Waals surface area contributed by atoms with Crippen LogP contribution in [0.4, 0.5) is 0 Å². The number of halogens is 1. The molecule has 0 radical (unpaired) electrons. The van der Waals surface area contributed by atoms with Crippen LogP contribution in [0.2, 0.25) is 0 Å². The Balaban J connectivity index is 3.01. The third-order valence-electron chi connectivity index (χ3n) is 0.551. The first-order valence-electron chi connectivity index (χ1n) is 2.76. The van der Waals surface area contributed by atoms with Gasteiger partial charge >= 0.3 is 0 Å². The molecule has 0 aliphatic rings. The first-order valence-corrected chi connectivity index (χ1v) is 3.14. The topological polar surface area (TPSA) is 18.5 Å². The van der Waals surface area contributed by atoms with Crippen LogP contribution in [0.15, 0.2) is 11.8 Å². The second-order valence-electron chi connectivity index (χ2n) is 2.12. The lowest BCUT2D eigenvalue weighted by molar-refractivity contribution is -0.259. The second-order valence-corrected chi connectivity index (χ2v) is 2.54. The van der Waals surface area contributed by atoms with E-state index in [0.717, 1.165) is 0 Å². The second kappa shape index (κ2) is 4.65. The lowest BCUT2D eigenvalue weighted by Gasteiger charge is -2.03. The van der Waals surface area contributed by atoms with Gasteiger partial charge in [-0.25, -0.2) is 0 Å². The van der Waals surface area contributed by atoms with Gasteiger partial charge in [0, 0.05) is 0 Å². The molecule has 0 atom stereocenters.